The number of ether oxygens (including phenoxy) is 2. The van der Waals surface area contributed by atoms with Crippen LogP contribution in [0.15, 0.2) is 46.0 Å². The molecule has 1 atom stereocenters. The molecule has 2 aromatic carbocycles. The van der Waals surface area contributed by atoms with Crippen molar-refractivity contribution >= 4 is 40.4 Å². The first kappa shape index (κ1) is 19.9. The van der Waals surface area contributed by atoms with Crippen molar-refractivity contribution in [3.8, 4) is 11.5 Å². The lowest BCUT2D eigenvalue weighted by Gasteiger charge is -2.25. The Balaban J connectivity index is 1.46. The summed E-state index contributed by atoms with van der Waals surface area (Å²) in [5.74, 6) is 1.68. The zero-order valence-corrected chi connectivity index (χ0v) is 17.8. The number of fused-ring (bicyclic) bond motifs is 1. The van der Waals surface area contributed by atoms with Crippen LogP contribution in [0.3, 0.4) is 0 Å². The molecule has 1 saturated heterocycles. The number of amides is 1. The number of oxazole rings is 1. The van der Waals surface area contributed by atoms with E-state index >= 15 is 0 Å². The van der Waals surface area contributed by atoms with Gasteiger partial charge in [-0.15, -0.1) is 0 Å². The number of aromatic nitrogens is 1. The van der Waals surface area contributed by atoms with Crippen LogP contribution in [0.1, 0.15) is 24.4 Å². The molecule has 2 heterocycles. The third-order valence-electron chi connectivity index (χ3n) is 5.01. The van der Waals surface area contributed by atoms with Crippen LogP contribution in [0.25, 0.3) is 11.1 Å². The molecule has 8 heteroatoms. The van der Waals surface area contributed by atoms with Gasteiger partial charge in [-0.05, 0) is 48.7 Å². The van der Waals surface area contributed by atoms with Gasteiger partial charge in [0.05, 0.1) is 26.0 Å². The lowest BCUT2D eigenvalue weighted by atomic mass is 10.0. The molecule has 1 unspecified atom stereocenters. The minimum absolute atomic E-state index is 0.0327. The molecular weight excluding hydrogens is 412 g/mol. The predicted octanol–water partition coefficient (Wildman–Crippen LogP) is 4.95. The summed E-state index contributed by atoms with van der Waals surface area (Å²) in [6.45, 7) is 0.738. The minimum atomic E-state index is 0.0327. The standard InChI is InChI=1S/C21H21ClN2O4S/c1-26-18-7-5-13(10-19(18)27-2)16-4-3-9-24(16)20(25)12-29-21-23-15-11-14(22)6-8-17(15)28-21/h5-8,10-11,16H,3-4,9,12H2,1-2H3. The summed E-state index contributed by atoms with van der Waals surface area (Å²) in [5, 5.41) is 1.07. The number of rotatable bonds is 6. The van der Waals surface area contributed by atoms with Crippen molar-refractivity contribution in [1.82, 2.24) is 9.88 Å². The van der Waals surface area contributed by atoms with E-state index in [0.717, 1.165) is 24.9 Å². The normalized spacial score (nSPS) is 16.4. The molecule has 1 aliphatic heterocycles. The van der Waals surface area contributed by atoms with Crippen LogP contribution >= 0.6 is 23.4 Å². The van der Waals surface area contributed by atoms with Crippen molar-refractivity contribution in [3.63, 3.8) is 0 Å². The van der Waals surface area contributed by atoms with Crippen LogP contribution < -0.4 is 9.47 Å². The van der Waals surface area contributed by atoms with Crippen LogP contribution in [0, 0.1) is 0 Å². The second-order valence-corrected chi connectivity index (χ2v) is 8.10. The molecule has 0 N–H and O–H groups in total. The predicted molar refractivity (Wildman–Crippen MR) is 113 cm³/mol. The number of hydrogen-bond acceptors (Lipinski definition) is 6. The Hall–Kier alpha value is -2.38. The molecule has 1 amide bonds. The molecule has 0 saturated carbocycles. The highest BCUT2D eigenvalue weighted by molar-refractivity contribution is 7.99. The van der Waals surface area contributed by atoms with Crippen molar-refractivity contribution in [3.05, 3.63) is 47.0 Å². The van der Waals surface area contributed by atoms with Crippen molar-refractivity contribution in [2.24, 2.45) is 0 Å². The molecule has 0 radical (unpaired) electrons. The van der Waals surface area contributed by atoms with Crippen LogP contribution in [0.2, 0.25) is 5.02 Å². The Morgan fingerprint density at radius 1 is 1.24 bits per heavy atom. The highest BCUT2D eigenvalue weighted by Gasteiger charge is 2.30. The fourth-order valence-corrected chi connectivity index (χ4v) is 4.51. The summed E-state index contributed by atoms with van der Waals surface area (Å²) in [6.07, 6.45) is 1.89. The van der Waals surface area contributed by atoms with E-state index in [1.54, 1.807) is 32.4 Å². The lowest BCUT2D eigenvalue weighted by molar-refractivity contribution is -0.129. The number of carbonyl (C=O) groups is 1. The van der Waals surface area contributed by atoms with Gasteiger partial charge in [-0.3, -0.25) is 4.79 Å². The van der Waals surface area contributed by atoms with E-state index in [1.165, 1.54) is 11.8 Å². The van der Waals surface area contributed by atoms with E-state index < -0.39 is 0 Å². The summed E-state index contributed by atoms with van der Waals surface area (Å²) in [5.41, 5.74) is 2.40. The molecule has 0 aliphatic carbocycles. The number of thioether (sulfide) groups is 1. The molecule has 152 valence electrons. The van der Waals surface area contributed by atoms with E-state index in [-0.39, 0.29) is 17.7 Å². The number of hydrogen-bond donors (Lipinski definition) is 0. The van der Waals surface area contributed by atoms with Crippen molar-refractivity contribution < 1.29 is 18.7 Å². The Kier molecular flexibility index (Phi) is 5.87. The summed E-state index contributed by atoms with van der Waals surface area (Å²) in [6, 6.07) is 11.1. The quantitative estimate of drug-likeness (QED) is 0.513. The SMILES string of the molecule is COc1ccc(C2CCCN2C(=O)CSc2nc3cc(Cl)ccc3o2)cc1OC. The summed E-state index contributed by atoms with van der Waals surface area (Å²) >= 11 is 7.29. The van der Waals surface area contributed by atoms with E-state index in [1.807, 2.05) is 23.1 Å². The van der Waals surface area contributed by atoms with Gasteiger partial charge in [-0.1, -0.05) is 29.4 Å². The second-order valence-electron chi connectivity index (χ2n) is 6.74. The Bertz CT molecular complexity index is 1040. The highest BCUT2D eigenvalue weighted by Crippen LogP contribution is 2.37. The third-order valence-corrected chi connectivity index (χ3v) is 6.06. The first-order chi connectivity index (χ1) is 14.1. The monoisotopic (exact) mass is 432 g/mol. The fourth-order valence-electron chi connectivity index (χ4n) is 3.62. The van der Waals surface area contributed by atoms with Gasteiger partial charge in [0.1, 0.15) is 5.52 Å². The number of methoxy groups -OCH3 is 2. The topological polar surface area (TPSA) is 64.8 Å². The van der Waals surface area contributed by atoms with Gasteiger partial charge >= 0.3 is 0 Å². The van der Waals surface area contributed by atoms with Crippen molar-refractivity contribution in [2.75, 3.05) is 26.5 Å². The molecule has 1 aliphatic rings. The van der Waals surface area contributed by atoms with Gasteiger partial charge in [0, 0.05) is 11.6 Å². The minimum Gasteiger partial charge on any atom is -0.493 e. The summed E-state index contributed by atoms with van der Waals surface area (Å²) in [7, 11) is 3.23. The zero-order chi connectivity index (χ0) is 20.4. The number of likely N-dealkylation sites (tertiary alicyclic amines) is 1. The van der Waals surface area contributed by atoms with E-state index in [4.69, 9.17) is 25.5 Å². The van der Waals surface area contributed by atoms with E-state index in [2.05, 4.69) is 4.98 Å². The molecule has 29 heavy (non-hydrogen) atoms. The average Bonchev–Trinajstić information content (AvgIpc) is 3.38. The van der Waals surface area contributed by atoms with Crippen LogP contribution in [0.5, 0.6) is 11.5 Å². The molecule has 0 bridgehead atoms. The van der Waals surface area contributed by atoms with Crippen LogP contribution in [-0.2, 0) is 4.79 Å². The molecule has 6 nitrogen and oxygen atoms in total. The smallest absolute Gasteiger partial charge is 0.257 e. The van der Waals surface area contributed by atoms with Gasteiger partial charge in [0.2, 0.25) is 5.91 Å². The molecular formula is C21H21ClN2O4S. The number of halogens is 1. The number of nitrogens with zero attached hydrogens (tertiary/aromatic N) is 2. The lowest BCUT2D eigenvalue weighted by Crippen LogP contribution is -2.32. The average molecular weight is 433 g/mol. The maximum Gasteiger partial charge on any atom is 0.257 e. The molecule has 1 fully saturated rings. The third kappa shape index (κ3) is 4.16. The first-order valence-corrected chi connectivity index (χ1v) is 10.7. The van der Waals surface area contributed by atoms with E-state index in [9.17, 15) is 4.79 Å². The summed E-state index contributed by atoms with van der Waals surface area (Å²) < 4.78 is 16.4. The van der Waals surface area contributed by atoms with Crippen LogP contribution in [-0.4, -0.2) is 42.3 Å². The Morgan fingerprint density at radius 3 is 2.86 bits per heavy atom. The fraction of sp³-hybridized carbons (Fsp3) is 0.333. The second kappa shape index (κ2) is 8.55. The highest BCUT2D eigenvalue weighted by atomic mass is 35.5. The Morgan fingerprint density at radius 2 is 2.07 bits per heavy atom. The number of benzene rings is 2. The molecule has 0 spiro atoms. The van der Waals surface area contributed by atoms with E-state index in [0.29, 0.717) is 32.8 Å². The molecule has 3 aromatic rings. The van der Waals surface area contributed by atoms with Gasteiger partial charge in [-0.25, -0.2) is 4.98 Å². The van der Waals surface area contributed by atoms with Gasteiger partial charge in [-0.2, -0.15) is 0 Å². The maximum absolute atomic E-state index is 12.9. The van der Waals surface area contributed by atoms with Gasteiger partial charge in [0.15, 0.2) is 17.1 Å². The molecule has 1 aromatic heterocycles. The van der Waals surface area contributed by atoms with Gasteiger partial charge < -0.3 is 18.8 Å². The van der Waals surface area contributed by atoms with Gasteiger partial charge in [0.25, 0.3) is 5.22 Å². The number of carbonyl (C=O) groups excluding carboxylic acids is 1. The van der Waals surface area contributed by atoms with Crippen molar-refractivity contribution in [1.29, 1.82) is 0 Å². The van der Waals surface area contributed by atoms with Crippen molar-refractivity contribution in [2.45, 2.75) is 24.1 Å². The van der Waals surface area contributed by atoms with Crippen LogP contribution in [0.4, 0.5) is 0 Å². The Labute approximate surface area is 178 Å². The first-order valence-electron chi connectivity index (χ1n) is 9.29. The zero-order valence-electron chi connectivity index (χ0n) is 16.2. The molecule has 4 rings (SSSR count). The largest absolute Gasteiger partial charge is 0.493 e. The maximum atomic E-state index is 12.9. The summed E-state index contributed by atoms with van der Waals surface area (Å²) in [4.78, 5) is 19.2.